The highest BCUT2D eigenvalue weighted by Crippen LogP contribution is 2.11. The number of aliphatic hydroxyl groups is 1. The summed E-state index contributed by atoms with van der Waals surface area (Å²) >= 11 is 0. The van der Waals surface area contributed by atoms with Crippen molar-refractivity contribution in [3.05, 3.63) is 29.2 Å². The van der Waals surface area contributed by atoms with Crippen molar-refractivity contribution in [3.63, 3.8) is 0 Å². The van der Waals surface area contributed by atoms with Gasteiger partial charge in [-0.2, -0.15) is 5.10 Å². The summed E-state index contributed by atoms with van der Waals surface area (Å²) < 4.78 is 1.56. The van der Waals surface area contributed by atoms with Crippen LogP contribution in [-0.2, 0) is 4.79 Å². The second-order valence-corrected chi connectivity index (χ2v) is 4.73. The molecule has 2 rings (SSSR count). The Kier molecular flexibility index (Phi) is 4.18. The standard InChI is InChI=1S/C13H16N4O4/c1-7-5-8(2)17-11(16-7)9(6-15-17)12(19)14-4-3-10(18)13(20)21/h5-6,10,18H,3-4H2,1-2H3,(H,14,19)(H,20,21). The lowest BCUT2D eigenvalue weighted by Crippen LogP contribution is -2.30. The molecule has 1 amide bonds. The number of carbonyl (C=O) groups is 2. The molecule has 0 radical (unpaired) electrons. The summed E-state index contributed by atoms with van der Waals surface area (Å²) in [6, 6.07) is 1.85. The van der Waals surface area contributed by atoms with Gasteiger partial charge in [-0.25, -0.2) is 14.3 Å². The first kappa shape index (κ1) is 14.9. The van der Waals surface area contributed by atoms with E-state index in [9.17, 15) is 9.59 Å². The molecule has 2 aromatic rings. The van der Waals surface area contributed by atoms with E-state index in [-0.39, 0.29) is 13.0 Å². The zero-order chi connectivity index (χ0) is 15.6. The predicted octanol–water partition coefficient (Wildman–Crippen LogP) is -0.0885. The van der Waals surface area contributed by atoms with Crippen LogP contribution < -0.4 is 5.32 Å². The lowest BCUT2D eigenvalue weighted by molar-refractivity contribution is -0.146. The van der Waals surface area contributed by atoms with Gasteiger partial charge in [0.15, 0.2) is 11.8 Å². The minimum atomic E-state index is -1.49. The third-order valence-electron chi connectivity index (χ3n) is 3.01. The van der Waals surface area contributed by atoms with Crippen molar-refractivity contribution in [2.75, 3.05) is 6.54 Å². The molecule has 8 nitrogen and oxygen atoms in total. The number of carbonyl (C=O) groups excluding carboxylic acids is 1. The number of hydrogen-bond acceptors (Lipinski definition) is 5. The van der Waals surface area contributed by atoms with Gasteiger partial charge in [0, 0.05) is 24.4 Å². The van der Waals surface area contributed by atoms with Crippen LogP contribution in [0.5, 0.6) is 0 Å². The van der Waals surface area contributed by atoms with Crippen molar-refractivity contribution in [1.29, 1.82) is 0 Å². The number of carboxylic acid groups (broad SMARTS) is 1. The zero-order valence-electron chi connectivity index (χ0n) is 11.7. The summed E-state index contributed by atoms with van der Waals surface area (Å²) in [5.41, 5.74) is 2.39. The lowest BCUT2D eigenvalue weighted by Gasteiger charge is -2.07. The molecule has 21 heavy (non-hydrogen) atoms. The summed E-state index contributed by atoms with van der Waals surface area (Å²) in [6.45, 7) is 3.74. The van der Waals surface area contributed by atoms with E-state index in [0.717, 1.165) is 11.4 Å². The molecule has 0 fully saturated rings. The molecule has 8 heteroatoms. The van der Waals surface area contributed by atoms with E-state index in [1.807, 2.05) is 19.9 Å². The molecule has 0 aliphatic carbocycles. The topological polar surface area (TPSA) is 117 Å². The van der Waals surface area contributed by atoms with Crippen molar-refractivity contribution in [3.8, 4) is 0 Å². The van der Waals surface area contributed by atoms with Gasteiger partial charge < -0.3 is 15.5 Å². The third kappa shape index (κ3) is 3.16. The molecule has 0 spiro atoms. The molecular formula is C13H16N4O4. The molecule has 3 N–H and O–H groups in total. The Labute approximate surface area is 120 Å². The van der Waals surface area contributed by atoms with E-state index in [2.05, 4.69) is 15.4 Å². The average molecular weight is 292 g/mol. The minimum Gasteiger partial charge on any atom is -0.479 e. The van der Waals surface area contributed by atoms with Crippen LogP contribution in [0.1, 0.15) is 28.2 Å². The van der Waals surface area contributed by atoms with Crippen LogP contribution >= 0.6 is 0 Å². The number of rotatable bonds is 5. The molecule has 0 aliphatic rings. The van der Waals surface area contributed by atoms with Gasteiger partial charge >= 0.3 is 5.97 Å². The van der Waals surface area contributed by atoms with Gasteiger partial charge in [-0.1, -0.05) is 0 Å². The molecule has 112 valence electrons. The summed E-state index contributed by atoms with van der Waals surface area (Å²) in [5.74, 6) is -1.71. The molecule has 0 saturated heterocycles. The van der Waals surface area contributed by atoms with Gasteiger partial charge in [-0.05, 0) is 19.9 Å². The summed E-state index contributed by atoms with van der Waals surface area (Å²) in [4.78, 5) is 26.8. The molecule has 0 saturated carbocycles. The molecule has 0 bridgehead atoms. The number of fused-ring (bicyclic) bond motifs is 1. The Morgan fingerprint density at radius 3 is 2.81 bits per heavy atom. The maximum absolute atomic E-state index is 12.1. The molecule has 2 heterocycles. The van der Waals surface area contributed by atoms with E-state index >= 15 is 0 Å². The van der Waals surface area contributed by atoms with Gasteiger partial charge in [0.2, 0.25) is 0 Å². The Morgan fingerprint density at radius 1 is 1.43 bits per heavy atom. The first-order valence-corrected chi connectivity index (χ1v) is 6.41. The highest BCUT2D eigenvalue weighted by molar-refractivity contribution is 5.99. The SMILES string of the molecule is Cc1cc(C)n2ncc(C(=O)NCCC(O)C(=O)O)c2n1. The van der Waals surface area contributed by atoms with Crippen molar-refractivity contribution in [2.24, 2.45) is 0 Å². The second kappa shape index (κ2) is 5.88. The zero-order valence-corrected chi connectivity index (χ0v) is 11.7. The molecule has 2 aromatic heterocycles. The molecule has 1 atom stereocenters. The fourth-order valence-electron chi connectivity index (χ4n) is 1.97. The van der Waals surface area contributed by atoms with E-state index in [4.69, 9.17) is 10.2 Å². The van der Waals surface area contributed by atoms with Crippen LogP contribution in [0, 0.1) is 13.8 Å². The number of nitrogens with zero attached hydrogens (tertiary/aromatic N) is 3. The number of amides is 1. The Bertz CT molecular complexity index is 695. The number of carboxylic acids is 1. The van der Waals surface area contributed by atoms with E-state index in [0.29, 0.717) is 11.2 Å². The van der Waals surface area contributed by atoms with Crippen LogP contribution in [0.4, 0.5) is 0 Å². The van der Waals surface area contributed by atoms with Crippen molar-refractivity contribution in [2.45, 2.75) is 26.4 Å². The maximum Gasteiger partial charge on any atom is 0.332 e. The van der Waals surface area contributed by atoms with Crippen LogP contribution in [0.15, 0.2) is 12.3 Å². The van der Waals surface area contributed by atoms with E-state index in [1.165, 1.54) is 6.20 Å². The van der Waals surface area contributed by atoms with Gasteiger partial charge in [-0.15, -0.1) is 0 Å². The number of aryl methyl sites for hydroxylation is 2. The molecular weight excluding hydrogens is 276 g/mol. The summed E-state index contributed by atoms with van der Waals surface area (Å²) in [5, 5.41) is 24.3. The highest BCUT2D eigenvalue weighted by atomic mass is 16.4. The van der Waals surface area contributed by atoms with E-state index in [1.54, 1.807) is 4.52 Å². The number of hydrogen-bond donors (Lipinski definition) is 3. The fraction of sp³-hybridized carbons (Fsp3) is 0.385. The van der Waals surface area contributed by atoms with Crippen LogP contribution in [-0.4, -0.2) is 49.3 Å². The number of aromatic nitrogens is 3. The minimum absolute atomic E-state index is 0.0500. The second-order valence-electron chi connectivity index (χ2n) is 4.73. The van der Waals surface area contributed by atoms with Gasteiger partial charge in [0.25, 0.3) is 5.91 Å². The van der Waals surface area contributed by atoms with Crippen LogP contribution in [0.3, 0.4) is 0 Å². The summed E-state index contributed by atoms with van der Waals surface area (Å²) in [7, 11) is 0. The van der Waals surface area contributed by atoms with Gasteiger partial charge in [-0.3, -0.25) is 4.79 Å². The largest absolute Gasteiger partial charge is 0.479 e. The Hall–Kier alpha value is -2.48. The predicted molar refractivity (Wildman–Crippen MR) is 73.1 cm³/mol. The lowest BCUT2D eigenvalue weighted by atomic mass is 10.2. The summed E-state index contributed by atoms with van der Waals surface area (Å²) in [6.07, 6.45) is -0.138. The number of aliphatic carboxylic acids is 1. The first-order chi connectivity index (χ1) is 9.90. The van der Waals surface area contributed by atoms with Crippen molar-refractivity contribution >= 4 is 17.5 Å². The van der Waals surface area contributed by atoms with Crippen LogP contribution in [0.2, 0.25) is 0 Å². The Balaban J connectivity index is 2.11. The van der Waals surface area contributed by atoms with Crippen molar-refractivity contribution in [1.82, 2.24) is 19.9 Å². The normalized spacial score (nSPS) is 12.3. The number of nitrogens with one attached hydrogen (secondary N) is 1. The molecule has 1 unspecified atom stereocenters. The first-order valence-electron chi connectivity index (χ1n) is 6.41. The van der Waals surface area contributed by atoms with Crippen molar-refractivity contribution < 1.29 is 19.8 Å². The molecule has 0 aliphatic heterocycles. The average Bonchev–Trinajstić information content (AvgIpc) is 2.82. The van der Waals surface area contributed by atoms with Gasteiger partial charge in [0.1, 0.15) is 5.56 Å². The molecule has 0 aromatic carbocycles. The fourth-order valence-corrected chi connectivity index (χ4v) is 1.97. The quantitative estimate of drug-likeness (QED) is 0.709. The Morgan fingerprint density at radius 2 is 2.14 bits per heavy atom. The smallest absolute Gasteiger partial charge is 0.332 e. The third-order valence-corrected chi connectivity index (χ3v) is 3.01. The number of aliphatic hydroxyl groups excluding tert-OH is 1. The van der Waals surface area contributed by atoms with Crippen LogP contribution in [0.25, 0.3) is 5.65 Å². The van der Waals surface area contributed by atoms with E-state index < -0.39 is 18.0 Å². The highest BCUT2D eigenvalue weighted by Gasteiger charge is 2.17. The maximum atomic E-state index is 12.1. The monoisotopic (exact) mass is 292 g/mol. The van der Waals surface area contributed by atoms with Gasteiger partial charge in [0.05, 0.1) is 6.20 Å².